The van der Waals surface area contributed by atoms with E-state index in [4.69, 9.17) is 29.6 Å². The first-order valence-corrected chi connectivity index (χ1v) is 7.76. The number of benzene rings is 2. The van der Waals surface area contributed by atoms with Crippen molar-refractivity contribution in [3.8, 4) is 0 Å². The Hall–Kier alpha value is -2.64. The molecule has 0 radical (unpaired) electrons. The van der Waals surface area contributed by atoms with Gasteiger partial charge in [0.05, 0.1) is 5.71 Å². The molecule has 0 aliphatic carbocycles. The normalized spacial score (nSPS) is 10.8. The summed E-state index contributed by atoms with van der Waals surface area (Å²) in [5, 5.41) is 11.1. The van der Waals surface area contributed by atoms with Gasteiger partial charge in [0.1, 0.15) is 0 Å². The number of carbonyl (C=O) groups excluding carboxylic acids is 1. The lowest BCUT2D eigenvalue weighted by Crippen LogP contribution is -2.25. The van der Waals surface area contributed by atoms with Gasteiger partial charge in [-0.25, -0.2) is 10.2 Å². The van der Waals surface area contributed by atoms with Gasteiger partial charge >= 0.3 is 6.03 Å². The molecule has 0 atom stereocenters. The van der Waals surface area contributed by atoms with Crippen molar-refractivity contribution in [2.45, 2.75) is 6.92 Å². The third-order valence-electron chi connectivity index (χ3n) is 3.00. The zero-order valence-electron chi connectivity index (χ0n) is 12.8. The first-order chi connectivity index (χ1) is 11.4. The van der Waals surface area contributed by atoms with Crippen molar-refractivity contribution < 1.29 is 4.79 Å². The van der Waals surface area contributed by atoms with Crippen LogP contribution in [-0.2, 0) is 0 Å². The molecular formula is C16H16ClN5OS. The maximum absolute atomic E-state index is 10.6. The highest BCUT2D eigenvalue weighted by molar-refractivity contribution is 7.80. The molecule has 0 aliphatic heterocycles. The fraction of sp³-hybridized carbons (Fsp3) is 0.0625. The van der Waals surface area contributed by atoms with Gasteiger partial charge in [-0.1, -0.05) is 23.7 Å². The molecule has 24 heavy (non-hydrogen) atoms. The molecule has 6 nitrogen and oxygen atoms in total. The number of hydrogen-bond donors (Lipinski definition) is 4. The number of hydrogen-bond acceptors (Lipinski definition) is 3. The van der Waals surface area contributed by atoms with Crippen molar-refractivity contribution in [1.29, 1.82) is 0 Å². The number of hydrazone groups is 1. The van der Waals surface area contributed by atoms with E-state index in [1.54, 1.807) is 19.1 Å². The standard InChI is InChI=1S/C16H16ClN5OS/c1-10(21-22-15(18)23)11-2-6-13(7-3-11)19-16(24)20-14-8-4-12(17)5-9-14/h2-9H,1H3,(H3,18,22,23)(H2,19,20,24)/b21-10-. The molecule has 0 aromatic heterocycles. The highest BCUT2D eigenvalue weighted by Crippen LogP contribution is 2.15. The minimum absolute atomic E-state index is 0.464. The van der Waals surface area contributed by atoms with Gasteiger partial charge in [0.15, 0.2) is 5.11 Å². The maximum atomic E-state index is 10.6. The van der Waals surface area contributed by atoms with E-state index in [1.165, 1.54) is 0 Å². The highest BCUT2D eigenvalue weighted by Gasteiger charge is 2.02. The van der Waals surface area contributed by atoms with Crippen molar-refractivity contribution >= 4 is 52.0 Å². The molecule has 2 amide bonds. The second-order valence-corrected chi connectivity index (χ2v) is 5.68. The number of primary amides is 1. The first kappa shape index (κ1) is 17.7. The van der Waals surface area contributed by atoms with Crippen LogP contribution in [-0.4, -0.2) is 16.9 Å². The van der Waals surface area contributed by atoms with E-state index in [9.17, 15) is 4.79 Å². The Morgan fingerprint density at radius 1 is 1.04 bits per heavy atom. The predicted molar refractivity (Wildman–Crippen MR) is 103 cm³/mol. The smallest absolute Gasteiger partial charge is 0.332 e. The third kappa shape index (κ3) is 5.53. The average molecular weight is 362 g/mol. The average Bonchev–Trinajstić information content (AvgIpc) is 2.55. The number of nitrogens with zero attached hydrogens (tertiary/aromatic N) is 1. The molecule has 0 spiro atoms. The molecule has 0 saturated carbocycles. The molecule has 2 rings (SSSR count). The minimum atomic E-state index is -0.703. The van der Waals surface area contributed by atoms with E-state index >= 15 is 0 Å². The Bertz CT molecular complexity index is 759. The molecule has 0 unspecified atom stereocenters. The summed E-state index contributed by atoms with van der Waals surface area (Å²) in [5.41, 5.74) is 10.3. The molecule has 124 valence electrons. The van der Waals surface area contributed by atoms with Gasteiger partial charge in [-0.15, -0.1) is 0 Å². The fourth-order valence-corrected chi connectivity index (χ4v) is 2.19. The second kappa shape index (κ2) is 8.28. The first-order valence-electron chi connectivity index (χ1n) is 6.98. The van der Waals surface area contributed by atoms with E-state index in [0.717, 1.165) is 16.9 Å². The van der Waals surface area contributed by atoms with Crippen molar-refractivity contribution in [3.63, 3.8) is 0 Å². The summed E-state index contributed by atoms with van der Waals surface area (Å²) in [6.45, 7) is 1.77. The van der Waals surface area contributed by atoms with Crippen molar-refractivity contribution in [1.82, 2.24) is 5.43 Å². The second-order valence-electron chi connectivity index (χ2n) is 4.84. The van der Waals surface area contributed by atoms with Gasteiger partial charge in [-0.3, -0.25) is 0 Å². The summed E-state index contributed by atoms with van der Waals surface area (Å²) < 4.78 is 0. The Kier molecular flexibility index (Phi) is 6.11. The van der Waals surface area contributed by atoms with Gasteiger partial charge in [0.25, 0.3) is 0 Å². The molecule has 0 bridgehead atoms. The maximum Gasteiger partial charge on any atom is 0.332 e. The van der Waals surface area contributed by atoms with Crippen LogP contribution < -0.4 is 21.8 Å². The third-order valence-corrected chi connectivity index (χ3v) is 3.45. The molecule has 2 aromatic rings. The summed E-state index contributed by atoms with van der Waals surface area (Å²) in [6, 6.07) is 14.0. The van der Waals surface area contributed by atoms with Crippen LogP contribution in [0.4, 0.5) is 16.2 Å². The van der Waals surface area contributed by atoms with Gasteiger partial charge in [0.2, 0.25) is 0 Å². The predicted octanol–water partition coefficient (Wildman–Crippen LogP) is 3.54. The van der Waals surface area contributed by atoms with Crippen LogP contribution in [0.5, 0.6) is 0 Å². The van der Waals surface area contributed by atoms with Crippen molar-refractivity contribution in [3.05, 3.63) is 59.1 Å². The Morgan fingerprint density at radius 2 is 1.54 bits per heavy atom. The quantitative estimate of drug-likeness (QED) is 0.381. The van der Waals surface area contributed by atoms with E-state index in [1.807, 2.05) is 36.4 Å². The van der Waals surface area contributed by atoms with Gasteiger partial charge in [-0.05, 0) is 61.1 Å². The lowest BCUT2D eigenvalue weighted by atomic mass is 10.1. The number of carbonyl (C=O) groups is 1. The number of nitrogens with two attached hydrogens (primary N) is 1. The van der Waals surface area contributed by atoms with Crippen LogP contribution in [0.15, 0.2) is 53.6 Å². The number of anilines is 2. The van der Waals surface area contributed by atoms with E-state index in [2.05, 4.69) is 21.2 Å². The molecule has 5 N–H and O–H groups in total. The number of amides is 2. The lowest BCUT2D eigenvalue weighted by molar-refractivity contribution is 0.249. The molecule has 0 fully saturated rings. The van der Waals surface area contributed by atoms with Crippen LogP contribution in [0.25, 0.3) is 0 Å². The molecule has 0 saturated heterocycles. The van der Waals surface area contributed by atoms with E-state index in [-0.39, 0.29) is 0 Å². The SMILES string of the molecule is C/C(=N/NC(N)=O)c1ccc(NC(=S)Nc2ccc(Cl)cc2)cc1. The van der Waals surface area contributed by atoms with Crippen LogP contribution in [0.2, 0.25) is 5.02 Å². The minimum Gasteiger partial charge on any atom is -0.350 e. The van der Waals surface area contributed by atoms with Crippen molar-refractivity contribution in [2.24, 2.45) is 10.8 Å². The van der Waals surface area contributed by atoms with Crippen LogP contribution in [0.3, 0.4) is 0 Å². The zero-order chi connectivity index (χ0) is 17.5. The monoisotopic (exact) mass is 361 g/mol. The number of nitrogens with one attached hydrogen (secondary N) is 3. The summed E-state index contributed by atoms with van der Waals surface area (Å²) in [4.78, 5) is 10.6. The highest BCUT2D eigenvalue weighted by atomic mass is 35.5. The topological polar surface area (TPSA) is 91.5 Å². The van der Waals surface area contributed by atoms with Gasteiger partial charge in [-0.2, -0.15) is 5.10 Å². The van der Waals surface area contributed by atoms with Crippen LogP contribution in [0.1, 0.15) is 12.5 Å². The molecular weight excluding hydrogens is 346 g/mol. The number of rotatable bonds is 4. The molecule has 8 heteroatoms. The number of thiocarbonyl (C=S) groups is 1. The number of halogens is 1. The van der Waals surface area contributed by atoms with Crippen LogP contribution in [0, 0.1) is 0 Å². The van der Waals surface area contributed by atoms with E-state index in [0.29, 0.717) is 15.8 Å². The molecule has 2 aromatic carbocycles. The summed E-state index contributed by atoms with van der Waals surface area (Å²) in [5.74, 6) is 0. The van der Waals surface area contributed by atoms with E-state index < -0.39 is 6.03 Å². The van der Waals surface area contributed by atoms with Gasteiger partial charge in [0, 0.05) is 16.4 Å². The lowest BCUT2D eigenvalue weighted by Gasteiger charge is -2.11. The summed E-state index contributed by atoms with van der Waals surface area (Å²) >= 11 is 11.1. The van der Waals surface area contributed by atoms with Crippen LogP contribution >= 0.6 is 23.8 Å². The summed E-state index contributed by atoms with van der Waals surface area (Å²) in [7, 11) is 0. The fourth-order valence-electron chi connectivity index (χ4n) is 1.82. The Balaban J connectivity index is 1.95. The van der Waals surface area contributed by atoms with Gasteiger partial charge < -0.3 is 16.4 Å². The number of urea groups is 1. The molecule has 0 heterocycles. The Morgan fingerprint density at radius 3 is 2.04 bits per heavy atom. The summed E-state index contributed by atoms with van der Waals surface area (Å²) in [6.07, 6.45) is 0. The largest absolute Gasteiger partial charge is 0.350 e. The zero-order valence-corrected chi connectivity index (χ0v) is 14.4. The Labute approximate surface area is 150 Å². The molecule has 0 aliphatic rings. The van der Waals surface area contributed by atoms with Crippen molar-refractivity contribution in [2.75, 3.05) is 10.6 Å².